The normalized spacial score (nSPS) is 10.9. The summed E-state index contributed by atoms with van der Waals surface area (Å²) < 4.78 is 7.47. The van der Waals surface area contributed by atoms with E-state index in [-0.39, 0.29) is 19.1 Å². The molecule has 1 amide bonds. The summed E-state index contributed by atoms with van der Waals surface area (Å²) in [4.78, 5) is 21.0. The first-order chi connectivity index (χ1) is 16.0. The average molecular weight is 447 g/mol. The van der Waals surface area contributed by atoms with Gasteiger partial charge in [0.15, 0.2) is 6.61 Å². The number of aliphatic hydroxyl groups excluding tert-OH is 1. The number of ether oxygens (including phenoxy) is 1. The Hall–Kier alpha value is -3.98. The Bertz CT molecular complexity index is 1270. The first-order valence-electron chi connectivity index (χ1n) is 10.6. The maximum absolute atomic E-state index is 12.0. The highest BCUT2D eigenvalue weighted by Gasteiger charge is 2.10. The Balaban J connectivity index is 1.57. The summed E-state index contributed by atoms with van der Waals surface area (Å²) in [6.45, 7) is 2.33. The van der Waals surface area contributed by atoms with E-state index in [4.69, 9.17) is 9.84 Å². The fourth-order valence-corrected chi connectivity index (χ4v) is 3.34. The predicted molar refractivity (Wildman–Crippen MR) is 126 cm³/mol. The van der Waals surface area contributed by atoms with Gasteiger partial charge in [-0.25, -0.2) is 9.97 Å². The fourth-order valence-electron chi connectivity index (χ4n) is 3.34. The highest BCUT2D eigenvalue weighted by atomic mass is 16.5. The van der Waals surface area contributed by atoms with Crippen LogP contribution in [0.25, 0.3) is 22.0 Å². The van der Waals surface area contributed by atoms with Crippen molar-refractivity contribution in [2.24, 2.45) is 7.05 Å². The van der Waals surface area contributed by atoms with Crippen LogP contribution in [0.1, 0.15) is 12.0 Å². The Kier molecular flexibility index (Phi) is 6.80. The van der Waals surface area contributed by atoms with Crippen LogP contribution in [0.2, 0.25) is 0 Å². The van der Waals surface area contributed by atoms with Gasteiger partial charge in [0.2, 0.25) is 5.95 Å². The number of benzene rings is 2. The molecule has 0 aliphatic rings. The van der Waals surface area contributed by atoms with Gasteiger partial charge in [-0.2, -0.15) is 5.10 Å². The number of carbonyl (C=O) groups is 1. The van der Waals surface area contributed by atoms with Gasteiger partial charge >= 0.3 is 0 Å². The summed E-state index contributed by atoms with van der Waals surface area (Å²) in [6, 6.07) is 11.6. The van der Waals surface area contributed by atoms with Crippen LogP contribution in [0.3, 0.4) is 0 Å². The van der Waals surface area contributed by atoms with Crippen molar-refractivity contribution in [2.75, 3.05) is 25.1 Å². The molecule has 33 heavy (non-hydrogen) atoms. The maximum Gasteiger partial charge on any atom is 0.257 e. The van der Waals surface area contributed by atoms with E-state index >= 15 is 0 Å². The van der Waals surface area contributed by atoms with Crippen LogP contribution in [0.5, 0.6) is 5.75 Å². The molecule has 0 atom stereocenters. The third-order valence-corrected chi connectivity index (χ3v) is 4.96. The zero-order chi connectivity index (χ0) is 23.2. The quantitative estimate of drug-likeness (QED) is 0.339. The summed E-state index contributed by atoms with van der Waals surface area (Å²) >= 11 is 0. The first kappa shape index (κ1) is 22.2. The molecule has 2 aromatic heterocycles. The van der Waals surface area contributed by atoms with E-state index in [1.807, 2.05) is 50.5 Å². The highest BCUT2D eigenvalue weighted by molar-refractivity contribution is 5.80. The van der Waals surface area contributed by atoms with E-state index in [0.29, 0.717) is 24.7 Å². The molecule has 0 saturated carbocycles. The van der Waals surface area contributed by atoms with Crippen LogP contribution in [-0.2, 0) is 11.8 Å². The lowest BCUT2D eigenvalue weighted by Crippen LogP contribution is -2.30. The summed E-state index contributed by atoms with van der Waals surface area (Å²) in [5.74, 6) is 0.729. The predicted octanol–water partition coefficient (Wildman–Crippen LogP) is 2.96. The molecule has 0 saturated heterocycles. The van der Waals surface area contributed by atoms with Crippen molar-refractivity contribution in [2.45, 2.75) is 13.3 Å². The van der Waals surface area contributed by atoms with Gasteiger partial charge in [0.1, 0.15) is 5.75 Å². The minimum Gasteiger partial charge on any atom is -0.484 e. The molecule has 0 aliphatic heterocycles. The van der Waals surface area contributed by atoms with Crippen molar-refractivity contribution in [3.05, 3.63) is 60.6 Å². The van der Waals surface area contributed by atoms with E-state index in [1.54, 1.807) is 23.1 Å². The van der Waals surface area contributed by atoms with Gasteiger partial charge in [-0.3, -0.25) is 9.48 Å². The van der Waals surface area contributed by atoms with Crippen molar-refractivity contribution in [3.8, 4) is 16.9 Å². The summed E-state index contributed by atoms with van der Waals surface area (Å²) in [5, 5.41) is 20.0. The number of nitrogens with zero attached hydrogens (tertiary/aromatic N) is 4. The molecule has 9 heteroatoms. The van der Waals surface area contributed by atoms with Crippen molar-refractivity contribution in [3.63, 3.8) is 0 Å². The van der Waals surface area contributed by atoms with Crippen molar-refractivity contribution in [1.82, 2.24) is 25.1 Å². The van der Waals surface area contributed by atoms with E-state index in [1.165, 1.54) is 0 Å². The van der Waals surface area contributed by atoms with Crippen LogP contribution >= 0.6 is 0 Å². The number of carbonyl (C=O) groups excluding carboxylic acids is 1. The van der Waals surface area contributed by atoms with Crippen molar-refractivity contribution >= 4 is 28.4 Å². The van der Waals surface area contributed by atoms with Gasteiger partial charge in [-0.05, 0) is 43.2 Å². The molecule has 0 unspecified atom stereocenters. The molecule has 0 aliphatic carbocycles. The molecule has 0 radical (unpaired) electrons. The van der Waals surface area contributed by atoms with Crippen LogP contribution in [0.15, 0.2) is 55.0 Å². The van der Waals surface area contributed by atoms with Gasteiger partial charge in [0.05, 0.1) is 11.7 Å². The van der Waals surface area contributed by atoms with Crippen LogP contribution in [-0.4, -0.2) is 50.5 Å². The molecule has 0 spiro atoms. The Labute approximate surface area is 191 Å². The number of aliphatic hydroxyl groups is 1. The standard InChI is InChI=1S/C24H26N6O3/c1-16-4-5-22-18(8-16)12-26-24(29-22)28-20-9-17(19-13-27-30(2)14-19)10-21(11-20)33-15-23(32)25-6-3-7-31/h4-5,8-14,31H,3,6-7,15H2,1-2H3,(H,25,32)(H,26,28,29). The molecular formula is C24H26N6O3. The van der Waals surface area contributed by atoms with E-state index < -0.39 is 0 Å². The Morgan fingerprint density at radius 2 is 2.03 bits per heavy atom. The van der Waals surface area contributed by atoms with E-state index in [0.717, 1.165) is 33.3 Å². The molecule has 2 aromatic carbocycles. The molecule has 3 N–H and O–H groups in total. The minimum atomic E-state index is -0.252. The van der Waals surface area contributed by atoms with Gasteiger partial charge in [-0.15, -0.1) is 0 Å². The molecule has 9 nitrogen and oxygen atoms in total. The van der Waals surface area contributed by atoms with Crippen molar-refractivity contribution < 1.29 is 14.6 Å². The lowest BCUT2D eigenvalue weighted by Gasteiger charge is -2.12. The maximum atomic E-state index is 12.0. The zero-order valence-corrected chi connectivity index (χ0v) is 18.6. The van der Waals surface area contributed by atoms with Crippen LogP contribution < -0.4 is 15.4 Å². The Morgan fingerprint density at radius 3 is 2.82 bits per heavy atom. The second kappa shape index (κ2) is 10.1. The van der Waals surface area contributed by atoms with Crippen molar-refractivity contribution in [1.29, 1.82) is 0 Å². The van der Waals surface area contributed by atoms with Gasteiger partial charge in [-0.1, -0.05) is 11.6 Å². The molecule has 0 bridgehead atoms. The second-order valence-corrected chi connectivity index (χ2v) is 7.75. The smallest absolute Gasteiger partial charge is 0.257 e. The molecular weight excluding hydrogens is 420 g/mol. The third-order valence-electron chi connectivity index (χ3n) is 4.96. The van der Waals surface area contributed by atoms with Crippen LogP contribution in [0, 0.1) is 6.92 Å². The van der Waals surface area contributed by atoms with Gasteiger partial charge in [0, 0.05) is 55.3 Å². The molecule has 0 fully saturated rings. The molecule has 4 aromatic rings. The third kappa shape index (κ3) is 5.83. The largest absolute Gasteiger partial charge is 0.484 e. The lowest BCUT2D eigenvalue weighted by atomic mass is 10.1. The Morgan fingerprint density at radius 1 is 1.15 bits per heavy atom. The molecule has 2 heterocycles. The fraction of sp³-hybridized carbons (Fsp3) is 0.250. The van der Waals surface area contributed by atoms with Crippen LogP contribution in [0.4, 0.5) is 11.6 Å². The molecule has 4 rings (SSSR count). The monoisotopic (exact) mass is 446 g/mol. The van der Waals surface area contributed by atoms with Gasteiger partial charge < -0.3 is 20.5 Å². The number of anilines is 2. The SMILES string of the molecule is Cc1ccc2nc(Nc3cc(OCC(=O)NCCCO)cc(-c4cnn(C)c4)c3)ncc2c1. The number of nitrogens with one attached hydrogen (secondary N) is 2. The van der Waals surface area contributed by atoms with Gasteiger partial charge in [0.25, 0.3) is 5.91 Å². The molecule has 170 valence electrons. The average Bonchev–Trinajstić information content (AvgIpc) is 3.24. The highest BCUT2D eigenvalue weighted by Crippen LogP contribution is 2.30. The lowest BCUT2D eigenvalue weighted by molar-refractivity contribution is -0.123. The summed E-state index contributed by atoms with van der Waals surface area (Å²) in [6.07, 6.45) is 5.96. The zero-order valence-electron chi connectivity index (χ0n) is 18.6. The van der Waals surface area contributed by atoms with E-state index in [9.17, 15) is 4.79 Å². The first-order valence-corrected chi connectivity index (χ1v) is 10.6. The number of aromatic nitrogens is 4. The number of hydrogen-bond acceptors (Lipinski definition) is 7. The number of rotatable bonds is 9. The van der Waals surface area contributed by atoms with E-state index in [2.05, 4.69) is 25.7 Å². The summed E-state index contributed by atoms with van der Waals surface area (Å²) in [7, 11) is 1.85. The topological polar surface area (TPSA) is 114 Å². The number of hydrogen-bond donors (Lipinski definition) is 3. The number of aryl methyl sites for hydroxylation is 2. The minimum absolute atomic E-state index is 0.0276. The number of fused-ring (bicyclic) bond motifs is 1. The number of amides is 1. The second-order valence-electron chi connectivity index (χ2n) is 7.75. The summed E-state index contributed by atoms with van der Waals surface area (Å²) in [5.41, 5.74) is 4.50.